The van der Waals surface area contributed by atoms with Gasteiger partial charge in [-0.2, -0.15) is 0 Å². The highest BCUT2D eigenvalue weighted by atomic mass is 15.3. The van der Waals surface area contributed by atoms with Gasteiger partial charge in [0.25, 0.3) is 0 Å². The molecule has 3 N–H and O–H groups in total. The number of aromatic nitrogens is 4. The Morgan fingerprint density at radius 1 is 1.32 bits per heavy atom. The highest BCUT2D eigenvalue weighted by molar-refractivity contribution is 5.57. The van der Waals surface area contributed by atoms with Crippen LogP contribution < -0.4 is 11.3 Å². The number of nitrogens with two attached hydrogens (primary N) is 1. The van der Waals surface area contributed by atoms with E-state index in [1.54, 1.807) is 6.20 Å². The summed E-state index contributed by atoms with van der Waals surface area (Å²) in [5, 5.41) is 0. The molecule has 2 aromatic heterocycles. The zero-order valence-corrected chi connectivity index (χ0v) is 11.2. The van der Waals surface area contributed by atoms with Crippen molar-refractivity contribution in [2.24, 2.45) is 5.84 Å². The van der Waals surface area contributed by atoms with Gasteiger partial charge in [-0.15, -0.1) is 0 Å². The number of hydrogen-bond donors (Lipinski definition) is 2. The summed E-state index contributed by atoms with van der Waals surface area (Å²) < 4.78 is 2.07. The molecular weight excluding hydrogens is 240 g/mol. The molecule has 3 rings (SSSR count). The summed E-state index contributed by atoms with van der Waals surface area (Å²) in [6.45, 7) is 4.22. The number of nitrogen functional groups attached to an aromatic ring is 1. The standard InChI is InChI=1S/C13H18N6/c1-8(2)19-7-15-6-11(19)13-16-10-5-3-4-9(10)12(17-13)18-14/h6-8H,3-5,14H2,1-2H3,(H,16,17,18). The van der Waals surface area contributed by atoms with E-state index in [2.05, 4.69) is 38.8 Å². The van der Waals surface area contributed by atoms with Crippen LogP contribution in [0, 0.1) is 0 Å². The van der Waals surface area contributed by atoms with E-state index < -0.39 is 0 Å². The number of hydrazine groups is 1. The Kier molecular flexibility index (Phi) is 2.94. The van der Waals surface area contributed by atoms with Gasteiger partial charge in [0, 0.05) is 17.3 Å². The lowest BCUT2D eigenvalue weighted by Gasteiger charge is -2.13. The van der Waals surface area contributed by atoms with Gasteiger partial charge in [0.2, 0.25) is 0 Å². The van der Waals surface area contributed by atoms with Crippen molar-refractivity contribution in [3.05, 3.63) is 23.8 Å². The van der Waals surface area contributed by atoms with Crippen LogP contribution in [-0.2, 0) is 12.8 Å². The molecule has 0 saturated carbocycles. The van der Waals surface area contributed by atoms with Crippen molar-refractivity contribution < 1.29 is 0 Å². The minimum Gasteiger partial charge on any atom is -0.325 e. The second-order valence-corrected chi connectivity index (χ2v) is 5.10. The maximum atomic E-state index is 5.58. The molecule has 0 bridgehead atoms. The second kappa shape index (κ2) is 4.62. The van der Waals surface area contributed by atoms with Gasteiger partial charge in [-0.05, 0) is 33.1 Å². The fourth-order valence-corrected chi connectivity index (χ4v) is 2.56. The molecule has 0 radical (unpaired) electrons. The van der Waals surface area contributed by atoms with E-state index >= 15 is 0 Å². The first-order valence-corrected chi connectivity index (χ1v) is 6.59. The van der Waals surface area contributed by atoms with Gasteiger partial charge in [-0.3, -0.25) is 0 Å². The molecule has 100 valence electrons. The molecule has 0 aromatic carbocycles. The molecule has 1 aliphatic rings. The van der Waals surface area contributed by atoms with E-state index in [9.17, 15) is 0 Å². The van der Waals surface area contributed by atoms with Crippen molar-refractivity contribution in [1.82, 2.24) is 19.5 Å². The van der Waals surface area contributed by atoms with Gasteiger partial charge in [0.05, 0.1) is 12.5 Å². The molecule has 0 spiro atoms. The molecule has 1 aliphatic carbocycles. The zero-order chi connectivity index (χ0) is 13.4. The Balaban J connectivity index is 2.13. The predicted molar refractivity (Wildman–Crippen MR) is 73.5 cm³/mol. The van der Waals surface area contributed by atoms with Crippen LogP contribution in [0.25, 0.3) is 11.5 Å². The molecule has 6 nitrogen and oxygen atoms in total. The number of anilines is 1. The van der Waals surface area contributed by atoms with Crippen molar-refractivity contribution in [2.45, 2.75) is 39.2 Å². The largest absolute Gasteiger partial charge is 0.325 e. The van der Waals surface area contributed by atoms with Gasteiger partial charge < -0.3 is 9.99 Å². The maximum Gasteiger partial charge on any atom is 0.180 e. The van der Waals surface area contributed by atoms with Gasteiger partial charge in [0.15, 0.2) is 5.82 Å². The third-order valence-corrected chi connectivity index (χ3v) is 3.52. The van der Waals surface area contributed by atoms with Crippen LogP contribution >= 0.6 is 0 Å². The van der Waals surface area contributed by atoms with E-state index in [1.165, 1.54) is 0 Å². The number of nitrogens with zero attached hydrogens (tertiary/aromatic N) is 4. The average Bonchev–Trinajstić information content (AvgIpc) is 3.05. The van der Waals surface area contributed by atoms with E-state index in [0.717, 1.165) is 42.0 Å². The van der Waals surface area contributed by atoms with Crippen LogP contribution in [-0.4, -0.2) is 19.5 Å². The molecule has 0 atom stereocenters. The van der Waals surface area contributed by atoms with Crippen LogP contribution in [0.1, 0.15) is 37.6 Å². The van der Waals surface area contributed by atoms with E-state index in [4.69, 9.17) is 5.84 Å². The third-order valence-electron chi connectivity index (χ3n) is 3.52. The third kappa shape index (κ3) is 1.98. The van der Waals surface area contributed by atoms with Crippen LogP contribution in [0.3, 0.4) is 0 Å². The monoisotopic (exact) mass is 258 g/mol. The Bertz CT molecular complexity index is 601. The summed E-state index contributed by atoms with van der Waals surface area (Å²) >= 11 is 0. The summed E-state index contributed by atoms with van der Waals surface area (Å²) in [6.07, 6.45) is 6.72. The van der Waals surface area contributed by atoms with Crippen molar-refractivity contribution in [3.63, 3.8) is 0 Å². The average molecular weight is 258 g/mol. The molecule has 2 heterocycles. The lowest BCUT2D eigenvalue weighted by molar-refractivity contribution is 0.603. The second-order valence-electron chi connectivity index (χ2n) is 5.10. The molecule has 0 unspecified atom stereocenters. The Morgan fingerprint density at radius 2 is 2.16 bits per heavy atom. The van der Waals surface area contributed by atoms with Crippen LogP contribution in [0.4, 0.5) is 5.82 Å². The fraction of sp³-hybridized carbons (Fsp3) is 0.462. The van der Waals surface area contributed by atoms with E-state index in [0.29, 0.717) is 11.9 Å². The quantitative estimate of drug-likeness (QED) is 0.647. The molecule has 0 aliphatic heterocycles. The topological polar surface area (TPSA) is 81.7 Å². The zero-order valence-electron chi connectivity index (χ0n) is 11.2. The molecule has 2 aromatic rings. The minimum absolute atomic E-state index is 0.323. The van der Waals surface area contributed by atoms with Crippen molar-refractivity contribution in [1.29, 1.82) is 0 Å². The summed E-state index contributed by atoms with van der Waals surface area (Å²) in [5.74, 6) is 7.02. The number of rotatable bonds is 3. The smallest absolute Gasteiger partial charge is 0.180 e. The molecule has 0 amide bonds. The van der Waals surface area contributed by atoms with Crippen molar-refractivity contribution >= 4 is 5.82 Å². The first-order valence-electron chi connectivity index (χ1n) is 6.59. The molecular formula is C13H18N6. The Hall–Kier alpha value is -1.95. The first-order chi connectivity index (χ1) is 9.20. The highest BCUT2D eigenvalue weighted by Gasteiger charge is 2.21. The molecule has 0 saturated heterocycles. The fourth-order valence-electron chi connectivity index (χ4n) is 2.56. The van der Waals surface area contributed by atoms with E-state index in [-0.39, 0.29) is 0 Å². The first kappa shape index (κ1) is 12.1. The SMILES string of the molecule is CC(C)n1cncc1-c1nc2c(c(NN)n1)CCC2. The van der Waals surface area contributed by atoms with Gasteiger partial charge >= 0.3 is 0 Å². The Morgan fingerprint density at radius 3 is 2.89 bits per heavy atom. The minimum atomic E-state index is 0.323. The lowest BCUT2D eigenvalue weighted by atomic mass is 10.2. The molecule has 6 heteroatoms. The van der Waals surface area contributed by atoms with Crippen LogP contribution in [0.5, 0.6) is 0 Å². The number of nitrogens with one attached hydrogen (secondary N) is 1. The number of fused-ring (bicyclic) bond motifs is 1. The normalized spacial score (nSPS) is 13.9. The van der Waals surface area contributed by atoms with Gasteiger partial charge in [-0.1, -0.05) is 0 Å². The summed E-state index contributed by atoms with van der Waals surface area (Å²) in [6, 6.07) is 0.323. The van der Waals surface area contributed by atoms with Gasteiger partial charge in [0.1, 0.15) is 11.5 Å². The Labute approximate surface area is 112 Å². The lowest BCUT2D eigenvalue weighted by Crippen LogP contribution is -2.13. The number of aryl methyl sites for hydroxylation is 1. The van der Waals surface area contributed by atoms with Crippen LogP contribution in [0.2, 0.25) is 0 Å². The summed E-state index contributed by atoms with van der Waals surface area (Å²) in [7, 11) is 0. The molecule has 0 fully saturated rings. The predicted octanol–water partition coefficient (Wildman–Crippen LogP) is 1.70. The number of hydrogen-bond acceptors (Lipinski definition) is 5. The molecule has 19 heavy (non-hydrogen) atoms. The van der Waals surface area contributed by atoms with Crippen LogP contribution in [0.15, 0.2) is 12.5 Å². The maximum absolute atomic E-state index is 5.58. The van der Waals surface area contributed by atoms with Crippen molar-refractivity contribution in [2.75, 3.05) is 5.43 Å². The van der Waals surface area contributed by atoms with Gasteiger partial charge in [-0.25, -0.2) is 20.8 Å². The number of imidazole rings is 1. The summed E-state index contributed by atoms with van der Waals surface area (Å²) in [4.78, 5) is 13.4. The summed E-state index contributed by atoms with van der Waals surface area (Å²) in [5.41, 5.74) is 5.89. The van der Waals surface area contributed by atoms with E-state index in [1.807, 2.05) is 6.33 Å². The van der Waals surface area contributed by atoms with Crippen molar-refractivity contribution in [3.8, 4) is 11.5 Å². The highest BCUT2D eigenvalue weighted by Crippen LogP contribution is 2.29.